The zero-order chi connectivity index (χ0) is 24.8. The molecular weight excluding hydrogens is 506 g/mol. The van der Waals surface area contributed by atoms with E-state index < -0.39 is 9.84 Å². The highest BCUT2D eigenvalue weighted by atomic mass is 32.2. The Morgan fingerprint density at radius 3 is 2.54 bits per heavy atom. The zero-order valence-corrected chi connectivity index (χ0v) is 22.2. The SMILES string of the molecule is CS(=O)(=O)c1ccc([C@@H](CC2CCCC2)C(=O)Nc2ncc(SCC(=O)N3CCOCC3)s2)cc1. The van der Waals surface area contributed by atoms with E-state index in [1.165, 1.54) is 42.2 Å². The molecule has 2 fully saturated rings. The van der Waals surface area contributed by atoms with Gasteiger partial charge in [-0.2, -0.15) is 0 Å². The molecule has 1 N–H and O–H groups in total. The van der Waals surface area contributed by atoms with Crippen LogP contribution in [-0.2, 0) is 24.2 Å². The minimum Gasteiger partial charge on any atom is -0.378 e. The van der Waals surface area contributed by atoms with Crippen LogP contribution in [0.2, 0.25) is 0 Å². The zero-order valence-electron chi connectivity index (χ0n) is 19.8. The van der Waals surface area contributed by atoms with Gasteiger partial charge in [0.15, 0.2) is 15.0 Å². The number of nitrogens with one attached hydrogen (secondary N) is 1. The number of hydrogen-bond donors (Lipinski definition) is 1. The van der Waals surface area contributed by atoms with Crippen LogP contribution in [-0.4, -0.2) is 68.4 Å². The second-order valence-corrected chi connectivity index (χ2v) is 13.4. The summed E-state index contributed by atoms with van der Waals surface area (Å²) in [6.07, 6.45) is 8.18. The number of thiazole rings is 1. The highest BCUT2D eigenvalue weighted by Crippen LogP contribution is 2.36. The van der Waals surface area contributed by atoms with Gasteiger partial charge in [-0.25, -0.2) is 13.4 Å². The highest BCUT2D eigenvalue weighted by Gasteiger charge is 2.28. The first-order valence-corrected chi connectivity index (χ1v) is 15.5. The first kappa shape index (κ1) is 26.1. The van der Waals surface area contributed by atoms with Gasteiger partial charge in [0.1, 0.15) is 0 Å². The van der Waals surface area contributed by atoms with Crippen LogP contribution >= 0.6 is 23.1 Å². The maximum absolute atomic E-state index is 13.3. The van der Waals surface area contributed by atoms with Gasteiger partial charge in [-0.1, -0.05) is 49.2 Å². The summed E-state index contributed by atoms with van der Waals surface area (Å²) in [5.74, 6) is 0.362. The van der Waals surface area contributed by atoms with Crippen molar-refractivity contribution in [1.29, 1.82) is 0 Å². The largest absolute Gasteiger partial charge is 0.378 e. The van der Waals surface area contributed by atoms with Crippen molar-refractivity contribution in [1.82, 2.24) is 9.88 Å². The second kappa shape index (κ2) is 11.9. The molecule has 1 atom stereocenters. The van der Waals surface area contributed by atoms with E-state index in [1.807, 2.05) is 4.90 Å². The van der Waals surface area contributed by atoms with E-state index in [0.717, 1.165) is 29.0 Å². The third kappa shape index (κ3) is 7.28. The van der Waals surface area contributed by atoms with Crippen LogP contribution in [0.15, 0.2) is 39.6 Å². The number of anilines is 1. The summed E-state index contributed by atoms with van der Waals surface area (Å²) in [6.45, 7) is 2.40. The summed E-state index contributed by atoms with van der Waals surface area (Å²) in [7, 11) is -3.30. The fraction of sp³-hybridized carbons (Fsp3) is 0.542. The van der Waals surface area contributed by atoms with Gasteiger partial charge in [-0.3, -0.25) is 9.59 Å². The Kier molecular flexibility index (Phi) is 8.85. The topological polar surface area (TPSA) is 106 Å². The number of thioether (sulfide) groups is 1. The molecule has 1 aromatic heterocycles. The number of hydrogen-bond acceptors (Lipinski definition) is 8. The van der Waals surface area contributed by atoms with Gasteiger partial charge < -0.3 is 15.0 Å². The Morgan fingerprint density at radius 2 is 1.89 bits per heavy atom. The van der Waals surface area contributed by atoms with Crippen molar-refractivity contribution in [2.24, 2.45) is 5.92 Å². The van der Waals surface area contributed by atoms with Gasteiger partial charge in [0.25, 0.3) is 0 Å². The average Bonchev–Trinajstić information content (AvgIpc) is 3.53. The van der Waals surface area contributed by atoms with E-state index in [4.69, 9.17) is 4.74 Å². The number of aromatic nitrogens is 1. The smallest absolute Gasteiger partial charge is 0.233 e. The molecule has 1 aliphatic carbocycles. The lowest BCUT2D eigenvalue weighted by Gasteiger charge is -2.26. The number of rotatable bonds is 9. The summed E-state index contributed by atoms with van der Waals surface area (Å²) >= 11 is 2.78. The van der Waals surface area contributed by atoms with Crippen LogP contribution < -0.4 is 5.32 Å². The van der Waals surface area contributed by atoms with Crippen LogP contribution in [0.5, 0.6) is 0 Å². The molecule has 1 saturated heterocycles. The Morgan fingerprint density at radius 1 is 1.20 bits per heavy atom. The van der Waals surface area contributed by atoms with E-state index in [2.05, 4.69) is 10.3 Å². The van der Waals surface area contributed by atoms with Crippen molar-refractivity contribution in [2.75, 3.05) is 43.6 Å². The molecule has 2 amide bonds. The molecule has 8 nitrogen and oxygen atoms in total. The Balaban J connectivity index is 1.40. The maximum atomic E-state index is 13.3. The average molecular weight is 538 g/mol. The Labute approximate surface area is 214 Å². The summed E-state index contributed by atoms with van der Waals surface area (Å²) in [6, 6.07) is 6.64. The van der Waals surface area contributed by atoms with Crippen molar-refractivity contribution in [2.45, 2.75) is 47.1 Å². The van der Waals surface area contributed by atoms with Crippen molar-refractivity contribution < 1.29 is 22.7 Å². The molecule has 0 radical (unpaired) electrons. The highest BCUT2D eigenvalue weighted by molar-refractivity contribution is 8.01. The fourth-order valence-electron chi connectivity index (χ4n) is 4.53. The summed E-state index contributed by atoms with van der Waals surface area (Å²) in [4.78, 5) is 32.1. The lowest BCUT2D eigenvalue weighted by molar-refractivity contribution is -0.132. The third-order valence-corrected chi connectivity index (χ3v) is 9.71. The van der Waals surface area contributed by atoms with Gasteiger partial charge in [-0.15, -0.1) is 11.8 Å². The number of carbonyl (C=O) groups is 2. The Hall–Kier alpha value is -1.95. The van der Waals surface area contributed by atoms with Gasteiger partial charge in [0.05, 0.1) is 40.2 Å². The van der Waals surface area contributed by atoms with Gasteiger partial charge in [-0.05, 0) is 30.0 Å². The molecule has 0 bridgehead atoms. The maximum Gasteiger partial charge on any atom is 0.233 e. The molecule has 1 saturated carbocycles. The molecule has 2 aliphatic rings. The molecule has 11 heteroatoms. The van der Waals surface area contributed by atoms with E-state index in [0.29, 0.717) is 43.1 Å². The van der Waals surface area contributed by atoms with Crippen molar-refractivity contribution in [3.8, 4) is 0 Å². The number of ether oxygens (including phenoxy) is 1. The number of morpholine rings is 1. The number of benzene rings is 1. The van der Waals surface area contributed by atoms with Gasteiger partial charge in [0, 0.05) is 19.3 Å². The van der Waals surface area contributed by atoms with Gasteiger partial charge >= 0.3 is 0 Å². The molecule has 4 rings (SSSR count). The van der Waals surface area contributed by atoms with E-state index in [9.17, 15) is 18.0 Å². The van der Waals surface area contributed by atoms with E-state index in [-0.39, 0.29) is 22.6 Å². The van der Waals surface area contributed by atoms with E-state index >= 15 is 0 Å². The first-order chi connectivity index (χ1) is 16.8. The molecule has 2 heterocycles. The second-order valence-electron chi connectivity index (χ2n) is 9.04. The summed E-state index contributed by atoms with van der Waals surface area (Å²) in [5, 5.41) is 3.46. The van der Waals surface area contributed by atoms with Crippen molar-refractivity contribution in [3.63, 3.8) is 0 Å². The number of nitrogens with zero attached hydrogens (tertiary/aromatic N) is 2. The third-order valence-electron chi connectivity index (χ3n) is 6.49. The predicted octanol–water partition coefficient (Wildman–Crippen LogP) is 3.80. The minimum absolute atomic E-state index is 0.0754. The number of carbonyl (C=O) groups excluding carboxylic acids is 2. The predicted molar refractivity (Wildman–Crippen MR) is 138 cm³/mol. The van der Waals surface area contributed by atoms with Crippen LogP contribution in [0.3, 0.4) is 0 Å². The standard InChI is InChI=1S/C24H31N3O5S3/c1-35(30,31)19-8-6-18(7-9-19)20(14-17-4-2-3-5-17)23(29)26-24-25-15-22(34-24)33-16-21(28)27-10-12-32-13-11-27/h6-9,15,17,20H,2-5,10-14,16H2,1H3,(H,25,26,29)/t20-/m1/s1. The van der Waals surface area contributed by atoms with Crippen LogP contribution in [0.25, 0.3) is 0 Å². The molecule has 1 aliphatic heterocycles. The molecule has 0 spiro atoms. The molecule has 190 valence electrons. The number of amides is 2. The summed E-state index contributed by atoms with van der Waals surface area (Å²) < 4.78 is 29.8. The van der Waals surface area contributed by atoms with Crippen molar-refractivity contribution >= 4 is 49.9 Å². The molecule has 35 heavy (non-hydrogen) atoms. The lowest BCUT2D eigenvalue weighted by atomic mass is 9.87. The monoisotopic (exact) mass is 537 g/mol. The van der Waals surface area contributed by atoms with Crippen LogP contribution in [0, 0.1) is 5.92 Å². The molecule has 2 aromatic rings. The fourth-order valence-corrected chi connectivity index (χ4v) is 6.94. The minimum atomic E-state index is -3.30. The lowest BCUT2D eigenvalue weighted by Crippen LogP contribution is -2.41. The first-order valence-electron chi connectivity index (χ1n) is 11.8. The molecular formula is C24H31N3O5S3. The van der Waals surface area contributed by atoms with Crippen LogP contribution in [0.4, 0.5) is 5.13 Å². The normalized spacial score (nSPS) is 17.9. The van der Waals surface area contributed by atoms with Gasteiger partial charge in [0.2, 0.25) is 11.8 Å². The number of sulfone groups is 1. The summed E-state index contributed by atoms with van der Waals surface area (Å²) in [5.41, 5.74) is 0.809. The Bertz CT molecular complexity index is 1120. The van der Waals surface area contributed by atoms with Crippen LogP contribution in [0.1, 0.15) is 43.6 Å². The molecule has 0 unspecified atom stereocenters. The quantitative estimate of drug-likeness (QED) is 0.485. The molecule has 1 aromatic carbocycles. The van der Waals surface area contributed by atoms with E-state index in [1.54, 1.807) is 30.5 Å². The van der Waals surface area contributed by atoms with Crippen molar-refractivity contribution in [3.05, 3.63) is 36.0 Å².